The second kappa shape index (κ2) is 5.45. The van der Waals surface area contributed by atoms with E-state index in [4.69, 9.17) is 0 Å². The van der Waals surface area contributed by atoms with E-state index in [-0.39, 0.29) is 0 Å². The maximum Gasteiger partial charge on any atom is 0.0649 e. The van der Waals surface area contributed by atoms with Gasteiger partial charge in [0.1, 0.15) is 0 Å². The largest absolute Gasteiger partial charge is 0.278 e. The molecule has 0 fully saturated rings. The van der Waals surface area contributed by atoms with Crippen molar-refractivity contribution in [1.29, 1.82) is 0 Å². The zero-order chi connectivity index (χ0) is 13.0. The van der Waals surface area contributed by atoms with Crippen molar-refractivity contribution in [3.8, 4) is 0 Å². The van der Waals surface area contributed by atoms with Gasteiger partial charge in [0.25, 0.3) is 0 Å². The van der Waals surface area contributed by atoms with Gasteiger partial charge in [-0.15, -0.1) is 0 Å². The van der Waals surface area contributed by atoms with E-state index in [1.54, 1.807) is 12.4 Å². The molecule has 0 amide bonds. The Bertz CT molecular complexity index is 559. The minimum absolute atomic E-state index is 0.943. The molecule has 1 heterocycles. The standard InChI is InChI=1S/C15H17N3/c1-11-5-4-6-15(12(11)2)18-17-13(3)14-7-9-16-10-8-14/h4-10,18H,1-3H3/b17-13-. The van der Waals surface area contributed by atoms with Crippen LogP contribution in [0, 0.1) is 13.8 Å². The van der Waals surface area contributed by atoms with Crippen LogP contribution in [0.4, 0.5) is 5.69 Å². The summed E-state index contributed by atoms with van der Waals surface area (Å²) in [6.45, 7) is 6.17. The highest BCUT2D eigenvalue weighted by atomic mass is 15.3. The molecule has 3 nitrogen and oxygen atoms in total. The average Bonchev–Trinajstić information content (AvgIpc) is 2.41. The zero-order valence-corrected chi connectivity index (χ0v) is 10.9. The monoisotopic (exact) mass is 239 g/mol. The van der Waals surface area contributed by atoms with E-state index in [0.717, 1.165) is 17.0 Å². The molecule has 0 spiro atoms. The quantitative estimate of drug-likeness (QED) is 0.657. The van der Waals surface area contributed by atoms with Crippen LogP contribution in [0.2, 0.25) is 0 Å². The van der Waals surface area contributed by atoms with Crippen molar-refractivity contribution < 1.29 is 0 Å². The van der Waals surface area contributed by atoms with E-state index >= 15 is 0 Å². The molecule has 1 aromatic heterocycles. The van der Waals surface area contributed by atoms with E-state index < -0.39 is 0 Å². The van der Waals surface area contributed by atoms with Gasteiger partial charge in [-0.3, -0.25) is 10.4 Å². The summed E-state index contributed by atoms with van der Waals surface area (Å²) in [5.41, 5.74) is 8.67. The van der Waals surface area contributed by atoms with Crippen LogP contribution in [0.1, 0.15) is 23.6 Å². The lowest BCUT2D eigenvalue weighted by molar-refractivity contribution is 1.25. The van der Waals surface area contributed by atoms with Crippen molar-refractivity contribution in [3.63, 3.8) is 0 Å². The summed E-state index contributed by atoms with van der Waals surface area (Å²) >= 11 is 0. The first kappa shape index (κ1) is 12.3. The number of hydrogen-bond donors (Lipinski definition) is 1. The first-order valence-electron chi connectivity index (χ1n) is 5.95. The molecule has 3 heteroatoms. The third kappa shape index (κ3) is 2.74. The van der Waals surface area contributed by atoms with E-state index in [1.165, 1.54) is 11.1 Å². The fraction of sp³-hybridized carbons (Fsp3) is 0.200. The molecule has 0 saturated heterocycles. The fourth-order valence-electron chi connectivity index (χ4n) is 1.67. The maximum absolute atomic E-state index is 4.41. The summed E-state index contributed by atoms with van der Waals surface area (Å²) < 4.78 is 0. The highest BCUT2D eigenvalue weighted by Gasteiger charge is 2.00. The predicted octanol–water partition coefficient (Wildman–Crippen LogP) is 3.53. The van der Waals surface area contributed by atoms with Gasteiger partial charge in [-0.05, 0) is 50.1 Å². The number of aromatic nitrogens is 1. The predicted molar refractivity (Wildman–Crippen MR) is 76.0 cm³/mol. The number of nitrogens with one attached hydrogen (secondary N) is 1. The summed E-state index contributed by atoms with van der Waals surface area (Å²) in [5.74, 6) is 0. The fourth-order valence-corrected chi connectivity index (χ4v) is 1.67. The number of hydrazone groups is 1. The van der Waals surface area contributed by atoms with Crippen LogP contribution < -0.4 is 5.43 Å². The van der Waals surface area contributed by atoms with Gasteiger partial charge in [0, 0.05) is 18.0 Å². The Morgan fingerprint density at radius 3 is 2.56 bits per heavy atom. The molecule has 0 aliphatic carbocycles. The van der Waals surface area contributed by atoms with E-state index in [2.05, 4.69) is 35.4 Å². The van der Waals surface area contributed by atoms with Gasteiger partial charge in [-0.1, -0.05) is 12.1 Å². The van der Waals surface area contributed by atoms with Crippen molar-refractivity contribution in [1.82, 2.24) is 4.98 Å². The van der Waals surface area contributed by atoms with Crippen molar-refractivity contribution in [2.24, 2.45) is 5.10 Å². The molecule has 1 aromatic carbocycles. The van der Waals surface area contributed by atoms with Gasteiger partial charge in [0.05, 0.1) is 11.4 Å². The van der Waals surface area contributed by atoms with Crippen LogP contribution in [-0.4, -0.2) is 10.7 Å². The first-order chi connectivity index (χ1) is 8.68. The molecule has 0 saturated carbocycles. The Kier molecular flexibility index (Phi) is 3.72. The van der Waals surface area contributed by atoms with Gasteiger partial charge >= 0.3 is 0 Å². The van der Waals surface area contributed by atoms with Gasteiger partial charge in [-0.25, -0.2) is 0 Å². The smallest absolute Gasteiger partial charge is 0.0649 e. The van der Waals surface area contributed by atoms with Crippen LogP contribution in [0.25, 0.3) is 0 Å². The number of hydrogen-bond acceptors (Lipinski definition) is 3. The van der Waals surface area contributed by atoms with Gasteiger partial charge in [0.2, 0.25) is 0 Å². The zero-order valence-electron chi connectivity index (χ0n) is 10.9. The molecule has 0 unspecified atom stereocenters. The Morgan fingerprint density at radius 1 is 1.11 bits per heavy atom. The van der Waals surface area contributed by atoms with E-state index in [9.17, 15) is 0 Å². The van der Waals surface area contributed by atoms with Crippen LogP contribution >= 0.6 is 0 Å². The molecule has 0 aliphatic rings. The minimum Gasteiger partial charge on any atom is -0.278 e. The molecular formula is C15H17N3. The minimum atomic E-state index is 0.943. The molecule has 92 valence electrons. The average molecular weight is 239 g/mol. The molecule has 18 heavy (non-hydrogen) atoms. The van der Waals surface area contributed by atoms with Crippen molar-refractivity contribution >= 4 is 11.4 Å². The van der Waals surface area contributed by atoms with Crippen LogP contribution in [0.15, 0.2) is 47.8 Å². The lowest BCUT2D eigenvalue weighted by Crippen LogP contribution is -2.01. The highest BCUT2D eigenvalue weighted by Crippen LogP contribution is 2.18. The molecule has 2 aromatic rings. The third-order valence-electron chi connectivity index (χ3n) is 3.05. The van der Waals surface area contributed by atoms with Crippen LogP contribution in [0.5, 0.6) is 0 Å². The number of aryl methyl sites for hydroxylation is 1. The summed E-state index contributed by atoms with van der Waals surface area (Å²) in [4.78, 5) is 4.00. The van der Waals surface area contributed by atoms with Crippen molar-refractivity contribution in [2.75, 3.05) is 5.43 Å². The molecule has 0 bridgehead atoms. The van der Waals surface area contributed by atoms with Crippen molar-refractivity contribution in [2.45, 2.75) is 20.8 Å². The van der Waals surface area contributed by atoms with Crippen LogP contribution in [-0.2, 0) is 0 Å². The maximum atomic E-state index is 4.41. The Balaban J connectivity index is 2.18. The number of rotatable bonds is 3. The van der Waals surface area contributed by atoms with E-state index in [0.29, 0.717) is 0 Å². The topological polar surface area (TPSA) is 37.3 Å². The second-order valence-electron chi connectivity index (χ2n) is 4.29. The first-order valence-corrected chi connectivity index (χ1v) is 5.95. The summed E-state index contributed by atoms with van der Waals surface area (Å²) in [5, 5.41) is 4.41. The number of benzene rings is 1. The Hall–Kier alpha value is -2.16. The SMILES string of the molecule is C/C(=N/Nc1cccc(C)c1C)c1ccncc1. The van der Waals surface area contributed by atoms with E-state index in [1.807, 2.05) is 31.2 Å². The summed E-state index contributed by atoms with van der Waals surface area (Å²) in [7, 11) is 0. The van der Waals surface area contributed by atoms with Crippen LogP contribution in [0.3, 0.4) is 0 Å². The number of anilines is 1. The summed E-state index contributed by atoms with van der Waals surface area (Å²) in [6.07, 6.45) is 3.54. The Morgan fingerprint density at radius 2 is 1.83 bits per heavy atom. The molecule has 1 N–H and O–H groups in total. The van der Waals surface area contributed by atoms with Gasteiger partial charge in [-0.2, -0.15) is 5.10 Å². The summed E-state index contributed by atoms with van der Waals surface area (Å²) in [6, 6.07) is 10.1. The third-order valence-corrected chi connectivity index (χ3v) is 3.05. The normalized spacial score (nSPS) is 11.4. The lowest BCUT2D eigenvalue weighted by Gasteiger charge is -2.08. The highest BCUT2D eigenvalue weighted by molar-refractivity contribution is 5.98. The second-order valence-corrected chi connectivity index (χ2v) is 4.29. The number of pyridine rings is 1. The number of nitrogens with zero attached hydrogens (tertiary/aromatic N) is 2. The van der Waals surface area contributed by atoms with Gasteiger partial charge < -0.3 is 0 Å². The van der Waals surface area contributed by atoms with Crippen molar-refractivity contribution in [3.05, 3.63) is 59.4 Å². The Labute approximate surface area is 108 Å². The van der Waals surface area contributed by atoms with Gasteiger partial charge in [0.15, 0.2) is 0 Å². The molecule has 0 radical (unpaired) electrons. The molecule has 0 atom stereocenters. The lowest BCUT2D eigenvalue weighted by atomic mass is 10.1. The molecule has 2 rings (SSSR count). The molecule has 0 aliphatic heterocycles. The molecular weight excluding hydrogens is 222 g/mol.